The van der Waals surface area contributed by atoms with Gasteiger partial charge in [-0.15, -0.1) is 0 Å². The first kappa shape index (κ1) is 10.9. The zero-order valence-corrected chi connectivity index (χ0v) is 9.48. The molecule has 3 atom stereocenters. The second-order valence-electron chi connectivity index (χ2n) is 5.09. The molecule has 0 bridgehead atoms. The third-order valence-electron chi connectivity index (χ3n) is 4.09. The van der Waals surface area contributed by atoms with Crippen LogP contribution in [0.15, 0.2) is 0 Å². The predicted molar refractivity (Wildman–Crippen MR) is 58.8 cm³/mol. The average Bonchev–Trinajstić information content (AvgIpc) is 2.73. The lowest BCUT2D eigenvalue weighted by atomic mass is 9.98. The van der Waals surface area contributed by atoms with E-state index in [-0.39, 0.29) is 0 Å². The van der Waals surface area contributed by atoms with Gasteiger partial charge in [0.05, 0.1) is 0 Å². The molecule has 1 N–H and O–H groups in total. The molecule has 1 saturated carbocycles. The molecule has 1 heterocycles. The van der Waals surface area contributed by atoms with Gasteiger partial charge in [0.2, 0.25) is 0 Å². The Morgan fingerprint density at radius 3 is 2.73 bits per heavy atom. The quantitative estimate of drug-likeness (QED) is 0.777. The van der Waals surface area contributed by atoms with Crippen LogP contribution in [0, 0.1) is 5.92 Å². The van der Waals surface area contributed by atoms with Crippen LogP contribution in [-0.2, 0) is 4.79 Å². The van der Waals surface area contributed by atoms with Crippen molar-refractivity contribution in [3.05, 3.63) is 0 Å². The Hall–Kier alpha value is -0.570. The summed E-state index contributed by atoms with van der Waals surface area (Å²) in [5.41, 5.74) is 0. The number of nitrogens with zero attached hydrogens (tertiary/aromatic N) is 1. The van der Waals surface area contributed by atoms with E-state index in [1.807, 2.05) is 0 Å². The Morgan fingerprint density at radius 2 is 2.13 bits per heavy atom. The van der Waals surface area contributed by atoms with Crippen molar-refractivity contribution in [2.75, 3.05) is 6.54 Å². The third-order valence-corrected chi connectivity index (χ3v) is 4.09. The van der Waals surface area contributed by atoms with Gasteiger partial charge < -0.3 is 5.11 Å². The first-order valence-corrected chi connectivity index (χ1v) is 6.16. The smallest absolute Gasteiger partial charge is 0.303 e. The number of hydrogen-bond donors (Lipinski definition) is 1. The van der Waals surface area contributed by atoms with Crippen LogP contribution in [0.4, 0.5) is 0 Å². The highest BCUT2D eigenvalue weighted by Crippen LogP contribution is 2.35. The van der Waals surface area contributed by atoms with E-state index in [0.29, 0.717) is 24.4 Å². The van der Waals surface area contributed by atoms with E-state index in [9.17, 15) is 4.79 Å². The standard InChI is InChI=1S/C12H21NO2/c1-9-4-3-7-13(9)11-6-2-5-10(11)8-12(14)15/h9-11H,2-8H2,1H3,(H,14,15). The molecule has 1 aliphatic heterocycles. The van der Waals surface area contributed by atoms with E-state index in [2.05, 4.69) is 11.8 Å². The van der Waals surface area contributed by atoms with Crippen LogP contribution in [0.3, 0.4) is 0 Å². The minimum Gasteiger partial charge on any atom is -0.481 e. The Kier molecular flexibility index (Phi) is 3.29. The monoisotopic (exact) mass is 211 g/mol. The van der Waals surface area contributed by atoms with Crippen molar-refractivity contribution in [3.8, 4) is 0 Å². The van der Waals surface area contributed by atoms with E-state index in [1.165, 1.54) is 32.2 Å². The first-order chi connectivity index (χ1) is 7.18. The van der Waals surface area contributed by atoms with Crippen LogP contribution in [0.5, 0.6) is 0 Å². The maximum Gasteiger partial charge on any atom is 0.303 e. The Morgan fingerprint density at radius 1 is 1.33 bits per heavy atom. The highest BCUT2D eigenvalue weighted by Gasteiger charge is 2.36. The molecule has 3 nitrogen and oxygen atoms in total. The molecule has 1 aliphatic carbocycles. The van der Waals surface area contributed by atoms with Crippen LogP contribution in [-0.4, -0.2) is 34.6 Å². The van der Waals surface area contributed by atoms with Crippen molar-refractivity contribution in [2.45, 2.75) is 57.5 Å². The maximum absolute atomic E-state index is 10.8. The van der Waals surface area contributed by atoms with Gasteiger partial charge in [-0.1, -0.05) is 6.42 Å². The van der Waals surface area contributed by atoms with Crippen molar-refractivity contribution >= 4 is 5.97 Å². The molecule has 2 fully saturated rings. The number of likely N-dealkylation sites (tertiary alicyclic amines) is 1. The van der Waals surface area contributed by atoms with E-state index in [1.54, 1.807) is 0 Å². The molecule has 0 aromatic heterocycles. The lowest BCUT2D eigenvalue weighted by Crippen LogP contribution is -2.40. The molecule has 3 unspecified atom stereocenters. The van der Waals surface area contributed by atoms with Gasteiger partial charge in [-0.25, -0.2) is 0 Å². The van der Waals surface area contributed by atoms with Crippen LogP contribution in [0.1, 0.15) is 45.4 Å². The van der Waals surface area contributed by atoms with Crippen LogP contribution in [0.25, 0.3) is 0 Å². The second-order valence-corrected chi connectivity index (χ2v) is 5.09. The summed E-state index contributed by atoms with van der Waals surface area (Å²) in [4.78, 5) is 13.3. The van der Waals surface area contributed by atoms with Gasteiger partial charge >= 0.3 is 5.97 Å². The van der Waals surface area contributed by atoms with E-state index in [0.717, 1.165) is 6.42 Å². The van der Waals surface area contributed by atoms with Crippen molar-refractivity contribution < 1.29 is 9.90 Å². The van der Waals surface area contributed by atoms with Crippen molar-refractivity contribution in [1.29, 1.82) is 0 Å². The fourth-order valence-electron chi connectivity index (χ4n) is 3.36. The van der Waals surface area contributed by atoms with Gasteiger partial charge in [0.25, 0.3) is 0 Å². The summed E-state index contributed by atoms with van der Waals surface area (Å²) >= 11 is 0. The van der Waals surface area contributed by atoms with Gasteiger partial charge in [0.1, 0.15) is 0 Å². The number of carbonyl (C=O) groups is 1. The fourth-order valence-corrected chi connectivity index (χ4v) is 3.36. The van der Waals surface area contributed by atoms with Crippen LogP contribution in [0.2, 0.25) is 0 Å². The highest BCUT2D eigenvalue weighted by molar-refractivity contribution is 5.67. The molecule has 15 heavy (non-hydrogen) atoms. The Balaban J connectivity index is 1.97. The zero-order valence-electron chi connectivity index (χ0n) is 9.48. The van der Waals surface area contributed by atoms with Crippen molar-refractivity contribution in [3.63, 3.8) is 0 Å². The van der Waals surface area contributed by atoms with E-state index < -0.39 is 5.97 Å². The fraction of sp³-hybridized carbons (Fsp3) is 0.917. The first-order valence-electron chi connectivity index (χ1n) is 6.16. The normalized spacial score (nSPS) is 37.3. The molecule has 2 aliphatic rings. The summed E-state index contributed by atoms with van der Waals surface area (Å²) in [5.74, 6) is -0.221. The molecule has 0 aromatic carbocycles. The van der Waals surface area contributed by atoms with Crippen LogP contribution >= 0.6 is 0 Å². The van der Waals surface area contributed by atoms with Crippen molar-refractivity contribution in [2.24, 2.45) is 5.92 Å². The zero-order chi connectivity index (χ0) is 10.8. The van der Waals surface area contributed by atoms with Gasteiger partial charge in [-0.05, 0) is 45.1 Å². The molecule has 0 spiro atoms. The number of carboxylic acids is 1. The summed E-state index contributed by atoms with van der Waals surface area (Å²) in [7, 11) is 0. The number of hydrogen-bond acceptors (Lipinski definition) is 2. The predicted octanol–water partition coefficient (Wildman–Crippen LogP) is 2.11. The molecule has 0 amide bonds. The van der Waals surface area contributed by atoms with E-state index >= 15 is 0 Å². The summed E-state index contributed by atoms with van der Waals surface area (Å²) < 4.78 is 0. The van der Waals surface area contributed by atoms with Gasteiger partial charge in [-0.2, -0.15) is 0 Å². The molecule has 3 heteroatoms. The van der Waals surface area contributed by atoms with Gasteiger partial charge in [0.15, 0.2) is 0 Å². The molecule has 0 aromatic rings. The largest absolute Gasteiger partial charge is 0.481 e. The number of aliphatic carboxylic acids is 1. The Labute approximate surface area is 91.5 Å². The van der Waals surface area contributed by atoms with Crippen molar-refractivity contribution in [1.82, 2.24) is 4.90 Å². The molecular weight excluding hydrogens is 190 g/mol. The molecule has 2 rings (SSSR count). The topological polar surface area (TPSA) is 40.5 Å². The minimum absolute atomic E-state index is 0.369. The lowest BCUT2D eigenvalue weighted by molar-refractivity contribution is -0.138. The summed E-state index contributed by atoms with van der Waals surface area (Å²) in [6.45, 7) is 3.46. The summed E-state index contributed by atoms with van der Waals surface area (Å²) in [5, 5.41) is 8.88. The lowest BCUT2D eigenvalue weighted by Gasteiger charge is -2.32. The van der Waals surface area contributed by atoms with Crippen LogP contribution < -0.4 is 0 Å². The van der Waals surface area contributed by atoms with E-state index in [4.69, 9.17) is 5.11 Å². The third kappa shape index (κ3) is 2.33. The molecule has 0 radical (unpaired) electrons. The van der Waals surface area contributed by atoms with Gasteiger partial charge in [-0.3, -0.25) is 9.69 Å². The van der Waals surface area contributed by atoms with Gasteiger partial charge in [0, 0.05) is 18.5 Å². The SMILES string of the molecule is CC1CCCN1C1CCCC1CC(=O)O. The highest BCUT2D eigenvalue weighted by atomic mass is 16.4. The summed E-state index contributed by atoms with van der Waals surface area (Å²) in [6.07, 6.45) is 6.48. The number of rotatable bonds is 3. The molecular formula is C12H21NO2. The second kappa shape index (κ2) is 4.52. The maximum atomic E-state index is 10.8. The summed E-state index contributed by atoms with van der Waals surface area (Å²) in [6, 6.07) is 1.22. The molecule has 86 valence electrons. The molecule has 1 saturated heterocycles. The minimum atomic E-state index is -0.626. The number of carboxylic acid groups (broad SMARTS) is 1. The Bertz CT molecular complexity index is 242. The average molecular weight is 211 g/mol.